The number of aliphatic hydroxyl groups is 1. The number of carbonyl (C=O) groups is 1. The molecule has 2 unspecified atom stereocenters. The van der Waals surface area contributed by atoms with Crippen molar-refractivity contribution in [1.82, 2.24) is 9.55 Å². The average Bonchev–Trinajstić information content (AvgIpc) is 3.14. The lowest BCUT2D eigenvalue weighted by Crippen LogP contribution is -2.27. The number of aryl methyl sites for hydroxylation is 1. The molecule has 5 rings (SSSR count). The van der Waals surface area contributed by atoms with Crippen LogP contribution in [0.4, 0.5) is 4.39 Å². The van der Waals surface area contributed by atoms with E-state index < -0.39 is 12.5 Å². The Morgan fingerprint density at radius 2 is 2.19 bits per heavy atom. The smallest absolute Gasteiger partial charge is 0.257 e. The molecule has 166 valence electrons. The van der Waals surface area contributed by atoms with Gasteiger partial charge >= 0.3 is 0 Å². The molecule has 2 aromatic heterocycles. The van der Waals surface area contributed by atoms with Gasteiger partial charge < -0.3 is 24.9 Å². The number of aromatic nitrogens is 2. The van der Waals surface area contributed by atoms with Crippen molar-refractivity contribution in [2.45, 2.75) is 44.9 Å². The van der Waals surface area contributed by atoms with E-state index in [2.05, 4.69) is 0 Å². The molecule has 1 aliphatic heterocycles. The number of halogens is 1. The van der Waals surface area contributed by atoms with E-state index in [4.69, 9.17) is 15.5 Å². The van der Waals surface area contributed by atoms with E-state index in [-0.39, 0.29) is 24.0 Å². The van der Waals surface area contributed by atoms with Crippen LogP contribution in [-0.4, -0.2) is 34.7 Å². The molecule has 3 heterocycles. The summed E-state index contributed by atoms with van der Waals surface area (Å²) in [5, 5.41) is 10.6. The largest absolute Gasteiger partial charge is 0.395 e. The van der Waals surface area contributed by atoms with E-state index in [0.717, 1.165) is 22.1 Å². The lowest BCUT2D eigenvalue weighted by atomic mass is 9.82. The first-order chi connectivity index (χ1) is 15.4. The number of nitrogens with two attached hydrogens (primary N) is 1. The summed E-state index contributed by atoms with van der Waals surface area (Å²) in [4.78, 5) is 29.8. The normalized spacial score (nSPS) is 17.3. The summed E-state index contributed by atoms with van der Waals surface area (Å²) in [6, 6.07) is 2.91. The van der Waals surface area contributed by atoms with Crippen molar-refractivity contribution >= 4 is 17.2 Å². The van der Waals surface area contributed by atoms with Gasteiger partial charge in [-0.2, -0.15) is 0 Å². The van der Waals surface area contributed by atoms with Crippen molar-refractivity contribution in [2.24, 2.45) is 5.73 Å². The van der Waals surface area contributed by atoms with E-state index in [9.17, 15) is 19.1 Å². The minimum atomic E-state index is -0.851. The summed E-state index contributed by atoms with van der Waals surface area (Å²) in [7, 11) is 1.47. The fourth-order valence-corrected chi connectivity index (χ4v) is 5.23. The Balaban J connectivity index is 1.85. The molecule has 0 fully saturated rings. The molecule has 2 atom stereocenters. The number of aliphatic hydroxyl groups excluding tert-OH is 1. The van der Waals surface area contributed by atoms with Gasteiger partial charge in [0, 0.05) is 35.7 Å². The lowest BCUT2D eigenvalue weighted by Gasteiger charge is -2.26. The highest BCUT2D eigenvalue weighted by Gasteiger charge is 2.33. The number of carbonyl (C=O) groups excluding carboxylic acids is 1. The summed E-state index contributed by atoms with van der Waals surface area (Å²) >= 11 is 0. The number of pyridine rings is 2. The second-order valence-electron chi connectivity index (χ2n) is 8.57. The summed E-state index contributed by atoms with van der Waals surface area (Å²) in [5.41, 5.74) is 11.9. The van der Waals surface area contributed by atoms with Gasteiger partial charge in [0.15, 0.2) is 0 Å². The SMILES string of the molecule is COCc1c(C(C=O)CO)cc2n(c1=O)Cc1c-2nc2cc(F)c(C)c3c2c1C(N)CC3. The standard InChI is InChI=1S/C24H24FN3O4/c1-11-13-3-4-18(26)21-15-7-28-20(23(15)27-19(22(13)21)6-17(11)25)5-14(12(8-29)9-30)16(10-32-2)24(28)31/h5-6,8,12,18,30H,3-4,7,9-10,26H2,1-2H3. The summed E-state index contributed by atoms with van der Waals surface area (Å²) in [5.74, 6) is -1.16. The Morgan fingerprint density at radius 1 is 1.41 bits per heavy atom. The molecular formula is C24H24FN3O4. The predicted octanol–water partition coefficient (Wildman–Crippen LogP) is 2.24. The van der Waals surface area contributed by atoms with Gasteiger partial charge in [0.05, 0.1) is 42.6 Å². The molecule has 3 aromatic rings. The third-order valence-electron chi connectivity index (χ3n) is 6.86. The molecule has 0 bridgehead atoms. The minimum absolute atomic E-state index is 0.0193. The zero-order chi connectivity index (χ0) is 22.7. The van der Waals surface area contributed by atoms with Crippen molar-refractivity contribution in [3.8, 4) is 11.4 Å². The fraction of sp³-hybridized carbons (Fsp3) is 0.375. The molecule has 0 amide bonds. The molecule has 0 radical (unpaired) electrons. The molecule has 2 aliphatic rings. The van der Waals surface area contributed by atoms with Gasteiger partial charge in [-0.25, -0.2) is 9.37 Å². The van der Waals surface area contributed by atoms with E-state index in [1.54, 1.807) is 17.6 Å². The first-order valence-corrected chi connectivity index (χ1v) is 10.6. The second-order valence-corrected chi connectivity index (χ2v) is 8.57. The maximum absolute atomic E-state index is 14.7. The van der Waals surface area contributed by atoms with Gasteiger partial charge in [-0.05, 0) is 48.1 Å². The third-order valence-corrected chi connectivity index (χ3v) is 6.86. The maximum Gasteiger partial charge on any atom is 0.257 e. The Bertz CT molecular complexity index is 1350. The molecule has 7 nitrogen and oxygen atoms in total. The second kappa shape index (κ2) is 7.58. The number of ether oxygens (including phenoxy) is 1. The van der Waals surface area contributed by atoms with E-state index in [1.807, 2.05) is 0 Å². The molecule has 0 saturated heterocycles. The first-order valence-electron chi connectivity index (χ1n) is 10.6. The average molecular weight is 437 g/mol. The topological polar surface area (TPSA) is 107 Å². The highest BCUT2D eigenvalue weighted by Crippen LogP contribution is 2.44. The number of fused-ring (bicyclic) bond motifs is 4. The van der Waals surface area contributed by atoms with Crippen LogP contribution in [0, 0.1) is 12.7 Å². The summed E-state index contributed by atoms with van der Waals surface area (Å²) < 4.78 is 21.5. The monoisotopic (exact) mass is 437 g/mol. The lowest BCUT2D eigenvalue weighted by molar-refractivity contribution is -0.109. The van der Waals surface area contributed by atoms with Crippen LogP contribution in [0.3, 0.4) is 0 Å². The van der Waals surface area contributed by atoms with Gasteiger partial charge in [0.1, 0.15) is 12.1 Å². The highest BCUT2D eigenvalue weighted by atomic mass is 19.1. The van der Waals surface area contributed by atoms with Crippen LogP contribution in [0.15, 0.2) is 16.9 Å². The van der Waals surface area contributed by atoms with Crippen LogP contribution in [0.5, 0.6) is 0 Å². The zero-order valence-electron chi connectivity index (χ0n) is 17.9. The van der Waals surface area contributed by atoms with Crippen molar-refractivity contribution in [1.29, 1.82) is 0 Å². The Labute approximate surface area is 183 Å². The van der Waals surface area contributed by atoms with Crippen LogP contribution in [-0.2, 0) is 29.1 Å². The molecule has 8 heteroatoms. The number of hydrogen-bond donors (Lipinski definition) is 2. The summed E-state index contributed by atoms with van der Waals surface area (Å²) in [6.45, 7) is 1.67. The molecule has 1 aliphatic carbocycles. The van der Waals surface area contributed by atoms with Gasteiger partial charge in [-0.15, -0.1) is 0 Å². The first kappa shape index (κ1) is 20.9. The number of aldehydes is 1. The molecule has 0 saturated carbocycles. The fourth-order valence-electron chi connectivity index (χ4n) is 5.23. The zero-order valence-corrected chi connectivity index (χ0v) is 17.9. The predicted molar refractivity (Wildman–Crippen MR) is 117 cm³/mol. The molecule has 3 N–H and O–H groups in total. The molecule has 32 heavy (non-hydrogen) atoms. The number of hydrogen-bond acceptors (Lipinski definition) is 6. The number of benzene rings is 1. The molecule has 0 spiro atoms. The van der Waals surface area contributed by atoms with E-state index in [0.29, 0.717) is 59.3 Å². The summed E-state index contributed by atoms with van der Waals surface area (Å²) in [6.07, 6.45) is 1.99. The van der Waals surface area contributed by atoms with Crippen molar-refractivity contribution in [3.05, 3.63) is 61.7 Å². The quantitative estimate of drug-likeness (QED) is 0.464. The van der Waals surface area contributed by atoms with Gasteiger partial charge in [-0.1, -0.05) is 0 Å². The van der Waals surface area contributed by atoms with Gasteiger partial charge in [0.25, 0.3) is 5.56 Å². The highest BCUT2D eigenvalue weighted by molar-refractivity contribution is 5.93. The van der Waals surface area contributed by atoms with E-state index >= 15 is 0 Å². The van der Waals surface area contributed by atoms with E-state index in [1.165, 1.54) is 13.2 Å². The van der Waals surface area contributed by atoms with Crippen molar-refractivity contribution in [3.63, 3.8) is 0 Å². The van der Waals surface area contributed by atoms with Crippen LogP contribution in [0.2, 0.25) is 0 Å². The Kier molecular flexibility index (Phi) is 4.96. The third kappa shape index (κ3) is 2.80. The van der Waals surface area contributed by atoms with Crippen LogP contribution in [0.25, 0.3) is 22.3 Å². The van der Waals surface area contributed by atoms with Crippen LogP contribution in [0.1, 0.15) is 51.8 Å². The van der Waals surface area contributed by atoms with Gasteiger partial charge in [-0.3, -0.25) is 4.79 Å². The van der Waals surface area contributed by atoms with Crippen molar-refractivity contribution in [2.75, 3.05) is 13.7 Å². The van der Waals surface area contributed by atoms with Crippen LogP contribution >= 0.6 is 0 Å². The number of methoxy groups -OCH3 is 1. The Morgan fingerprint density at radius 3 is 2.88 bits per heavy atom. The number of nitrogens with zero attached hydrogens (tertiary/aromatic N) is 2. The Hall–Kier alpha value is -2.94. The van der Waals surface area contributed by atoms with Crippen molar-refractivity contribution < 1.29 is 19.0 Å². The molecular weight excluding hydrogens is 413 g/mol. The minimum Gasteiger partial charge on any atom is -0.395 e. The van der Waals surface area contributed by atoms with Crippen LogP contribution < -0.4 is 11.3 Å². The molecule has 1 aromatic carbocycles. The van der Waals surface area contributed by atoms with Gasteiger partial charge in [0.2, 0.25) is 0 Å². The maximum atomic E-state index is 14.7. The number of rotatable bonds is 5.